The van der Waals surface area contributed by atoms with Crippen LogP contribution in [0.4, 0.5) is 0 Å². The van der Waals surface area contributed by atoms with Gasteiger partial charge in [-0.2, -0.15) is 0 Å². The van der Waals surface area contributed by atoms with E-state index in [0.29, 0.717) is 17.7 Å². The van der Waals surface area contributed by atoms with Crippen LogP contribution in [0.2, 0.25) is 0 Å². The lowest BCUT2D eigenvalue weighted by Gasteiger charge is -2.34. The molecule has 1 aliphatic carbocycles. The van der Waals surface area contributed by atoms with Crippen molar-refractivity contribution in [2.45, 2.75) is 45.7 Å². The average Bonchev–Trinajstić information content (AvgIpc) is 2.88. The van der Waals surface area contributed by atoms with Crippen LogP contribution in [0.3, 0.4) is 0 Å². The molecule has 19 heavy (non-hydrogen) atoms. The van der Waals surface area contributed by atoms with E-state index in [0.717, 1.165) is 18.2 Å². The van der Waals surface area contributed by atoms with Gasteiger partial charge in [0, 0.05) is 18.3 Å². The lowest BCUT2D eigenvalue weighted by atomic mass is 9.78. The van der Waals surface area contributed by atoms with Crippen LogP contribution in [0.1, 0.15) is 49.3 Å². The van der Waals surface area contributed by atoms with Gasteiger partial charge in [-0.05, 0) is 30.4 Å². The first-order valence-corrected chi connectivity index (χ1v) is 7.11. The van der Waals surface area contributed by atoms with Crippen molar-refractivity contribution in [1.29, 1.82) is 0 Å². The van der Waals surface area contributed by atoms with Gasteiger partial charge in [-0.25, -0.2) is 4.79 Å². The molecular weight excluding hydrogens is 240 g/mol. The molecule has 4 nitrogen and oxygen atoms in total. The summed E-state index contributed by atoms with van der Waals surface area (Å²) in [7, 11) is 1.40. The van der Waals surface area contributed by atoms with E-state index < -0.39 is 0 Å². The van der Waals surface area contributed by atoms with Crippen LogP contribution in [0.15, 0.2) is 12.1 Å². The van der Waals surface area contributed by atoms with E-state index in [1.54, 1.807) is 6.07 Å². The van der Waals surface area contributed by atoms with Crippen LogP contribution in [0.25, 0.3) is 0 Å². The molecule has 1 fully saturated rings. The molecule has 0 radical (unpaired) electrons. The van der Waals surface area contributed by atoms with Crippen LogP contribution in [0.5, 0.6) is 0 Å². The molecule has 1 heterocycles. The Kier molecular flexibility index (Phi) is 4.64. The largest absolute Gasteiger partial charge is 0.464 e. The number of rotatable bonds is 4. The second-order valence-corrected chi connectivity index (χ2v) is 5.64. The van der Waals surface area contributed by atoms with E-state index in [9.17, 15) is 4.79 Å². The molecule has 0 bridgehead atoms. The smallest absolute Gasteiger partial charge is 0.354 e. The standard InChI is InChI=1S/C15H24N2O2/c1-10-5-4-6-13(11(10)2)16-9-12-7-8-14(17-12)15(18)19-3/h7-8,10-11,13,16-17H,4-6,9H2,1-3H3. The summed E-state index contributed by atoms with van der Waals surface area (Å²) in [5, 5.41) is 3.60. The number of esters is 1. The normalized spacial score (nSPS) is 27.2. The maximum absolute atomic E-state index is 11.4. The number of carbonyl (C=O) groups is 1. The Morgan fingerprint density at radius 3 is 2.95 bits per heavy atom. The third-order valence-corrected chi connectivity index (χ3v) is 4.41. The van der Waals surface area contributed by atoms with E-state index in [2.05, 4.69) is 28.9 Å². The van der Waals surface area contributed by atoms with Crippen molar-refractivity contribution in [2.75, 3.05) is 7.11 Å². The SMILES string of the molecule is COC(=O)c1ccc(CNC2CCCC(C)C2C)[nH]1. The molecule has 106 valence electrons. The third-order valence-electron chi connectivity index (χ3n) is 4.41. The van der Waals surface area contributed by atoms with Crippen LogP contribution in [-0.4, -0.2) is 24.1 Å². The Balaban J connectivity index is 1.88. The van der Waals surface area contributed by atoms with Gasteiger partial charge >= 0.3 is 5.97 Å². The Morgan fingerprint density at radius 2 is 2.21 bits per heavy atom. The van der Waals surface area contributed by atoms with Crippen molar-refractivity contribution in [3.8, 4) is 0 Å². The first-order valence-electron chi connectivity index (χ1n) is 7.11. The number of H-pyrrole nitrogens is 1. The molecule has 2 N–H and O–H groups in total. The molecule has 2 rings (SSSR count). The fourth-order valence-electron chi connectivity index (χ4n) is 2.88. The van der Waals surface area contributed by atoms with Crippen molar-refractivity contribution in [3.63, 3.8) is 0 Å². The van der Waals surface area contributed by atoms with Crippen LogP contribution in [0, 0.1) is 11.8 Å². The van der Waals surface area contributed by atoms with E-state index >= 15 is 0 Å². The molecule has 1 aromatic heterocycles. The molecule has 1 aromatic rings. The average molecular weight is 264 g/mol. The molecule has 0 aliphatic heterocycles. The van der Waals surface area contributed by atoms with Gasteiger partial charge in [-0.1, -0.05) is 26.7 Å². The number of nitrogens with one attached hydrogen (secondary N) is 2. The Labute approximate surface area is 114 Å². The molecular formula is C15H24N2O2. The first kappa shape index (κ1) is 14.1. The minimum atomic E-state index is -0.314. The zero-order valence-corrected chi connectivity index (χ0v) is 12.0. The summed E-state index contributed by atoms with van der Waals surface area (Å²) in [6, 6.07) is 4.29. The maximum Gasteiger partial charge on any atom is 0.354 e. The molecule has 4 heteroatoms. The predicted molar refractivity (Wildman–Crippen MR) is 74.9 cm³/mol. The minimum absolute atomic E-state index is 0.314. The fourth-order valence-corrected chi connectivity index (χ4v) is 2.88. The zero-order valence-electron chi connectivity index (χ0n) is 12.0. The lowest BCUT2D eigenvalue weighted by molar-refractivity contribution is 0.0594. The number of ether oxygens (including phenoxy) is 1. The zero-order chi connectivity index (χ0) is 13.8. The van der Waals surface area contributed by atoms with Crippen LogP contribution < -0.4 is 5.32 Å². The highest BCUT2D eigenvalue weighted by Crippen LogP contribution is 2.29. The van der Waals surface area contributed by atoms with Crippen LogP contribution in [-0.2, 0) is 11.3 Å². The number of carbonyl (C=O) groups excluding carboxylic acids is 1. The Hall–Kier alpha value is -1.29. The number of hydrogen-bond donors (Lipinski definition) is 2. The molecule has 1 saturated carbocycles. The van der Waals surface area contributed by atoms with Crippen LogP contribution >= 0.6 is 0 Å². The second kappa shape index (κ2) is 6.24. The number of hydrogen-bond acceptors (Lipinski definition) is 3. The molecule has 0 spiro atoms. The predicted octanol–water partition coefficient (Wildman–Crippen LogP) is 2.72. The van der Waals surface area contributed by atoms with Crippen molar-refractivity contribution in [3.05, 3.63) is 23.5 Å². The van der Waals surface area contributed by atoms with Gasteiger partial charge in [0.25, 0.3) is 0 Å². The summed E-state index contributed by atoms with van der Waals surface area (Å²) in [6.45, 7) is 5.44. The third kappa shape index (κ3) is 3.38. The summed E-state index contributed by atoms with van der Waals surface area (Å²) in [6.07, 6.45) is 3.89. The van der Waals surface area contributed by atoms with Gasteiger partial charge in [0.15, 0.2) is 0 Å². The first-order chi connectivity index (χ1) is 9.11. The van der Waals surface area contributed by atoms with Gasteiger partial charge in [0.1, 0.15) is 5.69 Å². The topological polar surface area (TPSA) is 54.1 Å². The molecule has 0 amide bonds. The molecule has 3 atom stereocenters. The van der Waals surface area contributed by atoms with E-state index in [-0.39, 0.29) is 5.97 Å². The number of methoxy groups -OCH3 is 1. The maximum atomic E-state index is 11.4. The van der Waals surface area contributed by atoms with Crippen molar-refractivity contribution < 1.29 is 9.53 Å². The quantitative estimate of drug-likeness (QED) is 0.822. The minimum Gasteiger partial charge on any atom is -0.464 e. The summed E-state index contributed by atoms with van der Waals surface area (Å²) in [4.78, 5) is 14.4. The monoisotopic (exact) mass is 264 g/mol. The number of aromatic nitrogens is 1. The van der Waals surface area contributed by atoms with Crippen molar-refractivity contribution in [2.24, 2.45) is 11.8 Å². The number of aromatic amines is 1. The van der Waals surface area contributed by atoms with Gasteiger partial charge < -0.3 is 15.0 Å². The second-order valence-electron chi connectivity index (χ2n) is 5.64. The lowest BCUT2D eigenvalue weighted by Crippen LogP contribution is -2.40. The highest BCUT2D eigenvalue weighted by atomic mass is 16.5. The Morgan fingerprint density at radius 1 is 1.42 bits per heavy atom. The fraction of sp³-hybridized carbons (Fsp3) is 0.667. The summed E-state index contributed by atoms with van der Waals surface area (Å²) in [5.74, 6) is 1.19. The van der Waals surface area contributed by atoms with E-state index in [1.165, 1.54) is 26.4 Å². The Bertz CT molecular complexity index is 428. The van der Waals surface area contributed by atoms with E-state index in [4.69, 9.17) is 0 Å². The van der Waals surface area contributed by atoms with Crippen molar-refractivity contribution >= 4 is 5.97 Å². The molecule has 0 saturated heterocycles. The highest BCUT2D eigenvalue weighted by Gasteiger charge is 2.26. The van der Waals surface area contributed by atoms with Gasteiger partial charge in [-0.3, -0.25) is 0 Å². The molecule has 0 aromatic carbocycles. The van der Waals surface area contributed by atoms with E-state index in [1.807, 2.05) is 6.07 Å². The van der Waals surface area contributed by atoms with Crippen molar-refractivity contribution in [1.82, 2.24) is 10.3 Å². The molecule has 1 aliphatic rings. The van der Waals surface area contributed by atoms with Gasteiger partial charge in [0.05, 0.1) is 7.11 Å². The van der Waals surface area contributed by atoms with Gasteiger partial charge in [-0.15, -0.1) is 0 Å². The summed E-state index contributed by atoms with van der Waals surface area (Å²) in [5.41, 5.74) is 1.55. The highest BCUT2D eigenvalue weighted by molar-refractivity contribution is 5.87. The van der Waals surface area contributed by atoms with Gasteiger partial charge in [0.2, 0.25) is 0 Å². The summed E-state index contributed by atoms with van der Waals surface area (Å²) >= 11 is 0. The molecule has 3 unspecified atom stereocenters. The summed E-state index contributed by atoms with van der Waals surface area (Å²) < 4.78 is 4.68.